The molecule has 1 amide bonds. The summed E-state index contributed by atoms with van der Waals surface area (Å²) < 4.78 is 0. The maximum absolute atomic E-state index is 12.3. The Morgan fingerprint density at radius 2 is 1.95 bits per heavy atom. The third-order valence-corrected chi connectivity index (χ3v) is 4.68. The molecule has 19 heavy (non-hydrogen) atoms. The van der Waals surface area contributed by atoms with Gasteiger partial charge >= 0.3 is 0 Å². The smallest absolute Gasteiger partial charge is 0.223 e. The summed E-state index contributed by atoms with van der Waals surface area (Å²) in [5.74, 6) is 1.07. The van der Waals surface area contributed by atoms with E-state index in [0.29, 0.717) is 18.4 Å². The Morgan fingerprint density at radius 1 is 1.32 bits per heavy atom. The van der Waals surface area contributed by atoms with Crippen molar-refractivity contribution >= 4 is 5.91 Å². The number of carbonyl (C=O) groups is 1. The van der Waals surface area contributed by atoms with Gasteiger partial charge in [-0.1, -0.05) is 12.8 Å². The monoisotopic (exact) mass is 267 g/mol. The summed E-state index contributed by atoms with van der Waals surface area (Å²) in [4.78, 5) is 16.7. The van der Waals surface area contributed by atoms with E-state index in [-0.39, 0.29) is 0 Å². The van der Waals surface area contributed by atoms with Crippen LogP contribution in [0.3, 0.4) is 0 Å². The average Bonchev–Trinajstić information content (AvgIpc) is 2.92. The molecule has 4 nitrogen and oxygen atoms in total. The van der Waals surface area contributed by atoms with Crippen LogP contribution in [0.25, 0.3) is 0 Å². The minimum Gasteiger partial charge on any atom is -0.345 e. The maximum atomic E-state index is 12.3. The third kappa shape index (κ3) is 4.46. The van der Waals surface area contributed by atoms with E-state index in [9.17, 15) is 4.79 Å². The second-order valence-corrected chi connectivity index (χ2v) is 6.26. The third-order valence-electron chi connectivity index (χ3n) is 4.68. The number of amides is 1. The van der Waals surface area contributed by atoms with Crippen molar-refractivity contribution < 1.29 is 4.79 Å². The molecule has 0 bridgehead atoms. The Morgan fingerprint density at radius 3 is 2.58 bits per heavy atom. The summed E-state index contributed by atoms with van der Waals surface area (Å²) in [5, 5.41) is 3.36. The zero-order valence-corrected chi connectivity index (χ0v) is 12.5. The molecule has 110 valence electrons. The van der Waals surface area contributed by atoms with Crippen LogP contribution < -0.4 is 5.32 Å². The summed E-state index contributed by atoms with van der Waals surface area (Å²) >= 11 is 0. The van der Waals surface area contributed by atoms with E-state index < -0.39 is 0 Å². The van der Waals surface area contributed by atoms with Gasteiger partial charge in [-0.05, 0) is 25.7 Å². The highest BCUT2D eigenvalue weighted by Crippen LogP contribution is 2.25. The first-order valence-corrected chi connectivity index (χ1v) is 7.85. The van der Waals surface area contributed by atoms with Gasteiger partial charge in [0.2, 0.25) is 5.91 Å². The van der Waals surface area contributed by atoms with Crippen molar-refractivity contribution in [2.24, 2.45) is 5.92 Å². The van der Waals surface area contributed by atoms with Gasteiger partial charge in [0, 0.05) is 52.2 Å². The summed E-state index contributed by atoms with van der Waals surface area (Å²) in [6, 6.07) is 0.376. The van der Waals surface area contributed by atoms with E-state index in [1.807, 2.05) is 11.9 Å². The molecule has 1 unspecified atom stereocenters. The molecule has 1 atom stereocenters. The SMILES string of the molecule is CC(CC(=O)N(C)CC1CCCC1)N1CCNCC1. The standard InChI is InChI=1S/C15H29N3O/c1-13(18-9-7-16-8-10-18)11-15(19)17(2)12-14-5-3-4-6-14/h13-14,16H,3-12H2,1-2H3. The van der Waals surface area contributed by atoms with Gasteiger partial charge < -0.3 is 10.2 Å². The van der Waals surface area contributed by atoms with Crippen LogP contribution in [-0.2, 0) is 4.79 Å². The largest absolute Gasteiger partial charge is 0.345 e. The van der Waals surface area contributed by atoms with Gasteiger partial charge in [0.05, 0.1) is 0 Å². The number of carbonyl (C=O) groups excluding carboxylic acids is 1. The lowest BCUT2D eigenvalue weighted by Crippen LogP contribution is -2.48. The Kier molecular flexibility index (Phi) is 5.64. The highest BCUT2D eigenvalue weighted by atomic mass is 16.2. The molecule has 1 heterocycles. The number of hydrogen-bond acceptors (Lipinski definition) is 3. The molecule has 2 fully saturated rings. The molecule has 0 spiro atoms. The van der Waals surface area contributed by atoms with Gasteiger partial charge in [0.1, 0.15) is 0 Å². The molecule has 0 aromatic rings. The molecule has 1 aliphatic heterocycles. The Bertz CT molecular complexity index is 283. The van der Waals surface area contributed by atoms with Gasteiger partial charge in [-0.3, -0.25) is 9.69 Å². The fourth-order valence-electron chi connectivity index (χ4n) is 3.34. The maximum Gasteiger partial charge on any atom is 0.223 e. The van der Waals surface area contributed by atoms with Gasteiger partial charge in [-0.25, -0.2) is 0 Å². The minimum absolute atomic E-state index is 0.318. The summed E-state index contributed by atoms with van der Waals surface area (Å²) in [6.45, 7) is 7.40. The lowest BCUT2D eigenvalue weighted by Gasteiger charge is -2.33. The van der Waals surface area contributed by atoms with Crippen LogP contribution in [-0.4, -0.2) is 61.5 Å². The molecule has 1 aliphatic carbocycles. The van der Waals surface area contributed by atoms with E-state index in [4.69, 9.17) is 0 Å². The molecular formula is C15H29N3O. The zero-order valence-electron chi connectivity index (χ0n) is 12.5. The van der Waals surface area contributed by atoms with Crippen LogP contribution in [0.2, 0.25) is 0 Å². The fourth-order valence-corrected chi connectivity index (χ4v) is 3.34. The van der Waals surface area contributed by atoms with Crippen molar-refractivity contribution in [2.75, 3.05) is 39.8 Å². The van der Waals surface area contributed by atoms with E-state index in [1.165, 1.54) is 25.7 Å². The van der Waals surface area contributed by atoms with Gasteiger partial charge in [-0.15, -0.1) is 0 Å². The predicted molar refractivity (Wildman–Crippen MR) is 78.1 cm³/mol. The molecule has 2 rings (SSSR count). The molecule has 0 aromatic heterocycles. The lowest BCUT2D eigenvalue weighted by atomic mass is 10.1. The van der Waals surface area contributed by atoms with E-state index in [2.05, 4.69) is 17.1 Å². The number of piperazine rings is 1. The van der Waals surface area contributed by atoms with Crippen LogP contribution >= 0.6 is 0 Å². The molecule has 2 aliphatic rings. The number of nitrogens with one attached hydrogen (secondary N) is 1. The Hall–Kier alpha value is -0.610. The first kappa shape index (κ1) is 14.8. The highest BCUT2D eigenvalue weighted by Gasteiger charge is 2.23. The second-order valence-electron chi connectivity index (χ2n) is 6.26. The van der Waals surface area contributed by atoms with Crippen LogP contribution in [0.4, 0.5) is 0 Å². The molecular weight excluding hydrogens is 238 g/mol. The number of rotatable bonds is 5. The molecule has 0 aromatic carbocycles. The predicted octanol–water partition coefficient (Wildman–Crippen LogP) is 1.32. The number of nitrogens with zero attached hydrogens (tertiary/aromatic N) is 2. The van der Waals surface area contributed by atoms with Crippen LogP contribution in [0, 0.1) is 5.92 Å². The lowest BCUT2D eigenvalue weighted by molar-refractivity contribution is -0.131. The number of hydrogen-bond donors (Lipinski definition) is 1. The summed E-state index contributed by atoms with van der Waals surface area (Å²) in [5.41, 5.74) is 0. The van der Waals surface area contributed by atoms with Crippen molar-refractivity contribution in [1.82, 2.24) is 15.1 Å². The van der Waals surface area contributed by atoms with E-state index in [0.717, 1.165) is 38.6 Å². The van der Waals surface area contributed by atoms with E-state index >= 15 is 0 Å². The Balaban J connectivity index is 1.72. The molecule has 0 radical (unpaired) electrons. The van der Waals surface area contributed by atoms with Crippen LogP contribution in [0.15, 0.2) is 0 Å². The highest BCUT2D eigenvalue weighted by molar-refractivity contribution is 5.76. The van der Waals surface area contributed by atoms with Crippen LogP contribution in [0.5, 0.6) is 0 Å². The summed E-state index contributed by atoms with van der Waals surface area (Å²) in [6.07, 6.45) is 5.99. The topological polar surface area (TPSA) is 35.6 Å². The minimum atomic E-state index is 0.318. The van der Waals surface area contributed by atoms with Crippen molar-refractivity contribution in [2.45, 2.75) is 45.1 Å². The van der Waals surface area contributed by atoms with Crippen molar-refractivity contribution in [3.63, 3.8) is 0 Å². The molecule has 1 N–H and O–H groups in total. The normalized spacial score (nSPS) is 23.5. The first-order valence-electron chi connectivity index (χ1n) is 7.85. The van der Waals surface area contributed by atoms with Gasteiger partial charge in [0.25, 0.3) is 0 Å². The fraction of sp³-hybridized carbons (Fsp3) is 0.933. The van der Waals surface area contributed by atoms with Crippen molar-refractivity contribution in [1.29, 1.82) is 0 Å². The molecule has 4 heteroatoms. The van der Waals surface area contributed by atoms with Crippen molar-refractivity contribution in [3.05, 3.63) is 0 Å². The van der Waals surface area contributed by atoms with Crippen LogP contribution in [0.1, 0.15) is 39.0 Å². The summed E-state index contributed by atoms with van der Waals surface area (Å²) in [7, 11) is 1.98. The first-order chi connectivity index (χ1) is 9.16. The molecule has 1 saturated carbocycles. The van der Waals surface area contributed by atoms with Gasteiger partial charge in [0.15, 0.2) is 0 Å². The van der Waals surface area contributed by atoms with E-state index in [1.54, 1.807) is 0 Å². The quantitative estimate of drug-likeness (QED) is 0.816. The van der Waals surface area contributed by atoms with Gasteiger partial charge in [-0.2, -0.15) is 0 Å². The Labute approximate surface area is 117 Å². The zero-order chi connectivity index (χ0) is 13.7. The van der Waals surface area contributed by atoms with Crippen molar-refractivity contribution in [3.8, 4) is 0 Å². The molecule has 1 saturated heterocycles. The second kappa shape index (κ2) is 7.25. The average molecular weight is 267 g/mol.